The van der Waals surface area contributed by atoms with Crippen LogP contribution in [-0.4, -0.2) is 23.6 Å². The standard InChI is InChI=1S/C17H19NO4S/c1-3-5-12-8-15(23-11(12)2)17(21)18-13-6-4-7-14(9-13)22-10-16(19)20/h4,6-9H,3,5,10H2,1-2H3,(H,18,21)(H,19,20). The molecule has 0 bridgehead atoms. The molecule has 2 N–H and O–H groups in total. The second-order valence-electron chi connectivity index (χ2n) is 5.11. The number of anilines is 1. The van der Waals surface area contributed by atoms with Crippen molar-refractivity contribution in [2.75, 3.05) is 11.9 Å². The van der Waals surface area contributed by atoms with Crippen LogP contribution in [0.3, 0.4) is 0 Å². The third kappa shape index (κ3) is 4.82. The highest BCUT2D eigenvalue weighted by atomic mass is 32.1. The van der Waals surface area contributed by atoms with Crippen molar-refractivity contribution in [3.8, 4) is 5.75 Å². The number of hydrogen-bond donors (Lipinski definition) is 2. The number of carbonyl (C=O) groups excluding carboxylic acids is 1. The Labute approximate surface area is 138 Å². The van der Waals surface area contributed by atoms with Crippen molar-refractivity contribution >= 4 is 28.9 Å². The zero-order valence-electron chi connectivity index (χ0n) is 13.1. The zero-order valence-corrected chi connectivity index (χ0v) is 13.9. The predicted octanol–water partition coefficient (Wildman–Crippen LogP) is 3.72. The van der Waals surface area contributed by atoms with Gasteiger partial charge in [-0.3, -0.25) is 4.79 Å². The number of rotatable bonds is 7. The summed E-state index contributed by atoms with van der Waals surface area (Å²) in [4.78, 5) is 24.7. The van der Waals surface area contributed by atoms with Gasteiger partial charge < -0.3 is 15.2 Å². The minimum Gasteiger partial charge on any atom is -0.482 e. The van der Waals surface area contributed by atoms with E-state index < -0.39 is 12.6 Å². The predicted molar refractivity (Wildman–Crippen MR) is 90.6 cm³/mol. The van der Waals surface area contributed by atoms with Gasteiger partial charge >= 0.3 is 5.97 Å². The second kappa shape index (κ2) is 7.78. The molecule has 0 fully saturated rings. The molecule has 0 radical (unpaired) electrons. The number of ether oxygens (including phenoxy) is 1. The summed E-state index contributed by atoms with van der Waals surface area (Å²) < 4.78 is 5.10. The second-order valence-corrected chi connectivity index (χ2v) is 6.36. The van der Waals surface area contributed by atoms with E-state index in [1.54, 1.807) is 24.3 Å². The Hall–Kier alpha value is -2.34. The third-order valence-corrected chi connectivity index (χ3v) is 4.31. The van der Waals surface area contributed by atoms with E-state index in [2.05, 4.69) is 12.2 Å². The van der Waals surface area contributed by atoms with Crippen molar-refractivity contribution in [2.24, 2.45) is 0 Å². The summed E-state index contributed by atoms with van der Waals surface area (Å²) in [5.74, 6) is -0.813. The van der Waals surface area contributed by atoms with Crippen LogP contribution in [0.15, 0.2) is 30.3 Å². The molecule has 0 saturated heterocycles. The van der Waals surface area contributed by atoms with Crippen LogP contribution in [0.5, 0.6) is 5.75 Å². The largest absolute Gasteiger partial charge is 0.482 e. The Morgan fingerprint density at radius 3 is 2.78 bits per heavy atom. The van der Waals surface area contributed by atoms with Crippen LogP contribution >= 0.6 is 11.3 Å². The maximum Gasteiger partial charge on any atom is 0.341 e. The summed E-state index contributed by atoms with van der Waals surface area (Å²) in [7, 11) is 0. The Balaban J connectivity index is 2.06. The van der Waals surface area contributed by atoms with Gasteiger partial charge in [0.25, 0.3) is 5.91 Å². The van der Waals surface area contributed by atoms with Gasteiger partial charge in [0.15, 0.2) is 6.61 Å². The number of carboxylic acid groups (broad SMARTS) is 1. The fourth-order valence-corrected chi connectivity index (χ4v) is 3.12. The first-order chi connectivity index (χ1) is 11.0. The molecular weight excluding hydrogens is 314 g/mol. The van der Waals surface area contributed by atoms with Gasteiger partial charge in [0.2, 0.25) is 0 Å². The Morgan fingerprint density at radius 1 is 1.30 bits per heavy atom. The topological polar surface area (TPSA) is 75.6 Å². The molecule has 1 heterocycles. The Kier molecular flexibility index (Phi) is 5.76. The number of nitrogens with one attached hydrogen (secondary N) is 1. The molecule has 23 heavy (non-hydrogen) atoms. The molecule has 1 aromatic heterocycles. The first kappa shape index (κ1) is 17.0. The molecule has 0 aliphatic rings. The van der Waals surface area contributed by atoms with Crippen LogP contribution < -0.4 is 10.1 Å². The van der Waals surface area contributed by atoms with Crippen LogP contribution in [0.1, 0.15) is 33.5 Å². The fraction of sp³-hybridized carbons (Fsp3) is 0.294. The SMILES string of the molecule is CCCc1cc(C(=O)Nc2cccc(OCC(=O)O)c2)sc1C. The molecule has 5 nitrogen and oxygen atoms in total. The number of thiophene rings is 1. The monoisotopic (exact) mass is 333 g/mol. The number of carboxylic acids is 1. The summed E-state index contributed by atoms with van der Waals surface area (Å²) in [6, 6.07) is 8.62. The highest BCUT2D eigenvalue weighted by Crippen LogP contribution is 2.24. The molecule has 0 aliphatic heterocycles. The van der Waals surface area contributed by atoms with Gasteiger partial charge in [-0.25, -0.2) is 4.79 Å². The lowest BCUT2D eigenvalue weighted by molar-refractivity contribution is -0.139. The number of aliphatic carboxylic acids is 1. The van der Waals surface area contributed by atoms with Gasteiger partial charge in [0.1, 0.15) is 5.75 Å². The van der Waals surface area contributed by atoms with Crippen molar-refractivity contribution < 1.29 is 19.4 Å². The van der Waals surface area contributed by atoms with Crippen molar-refractivity contribution in [3.63, 3.8) is 0 Å². The van der Waals surface area contributed by atoms with Gasteiger partial charge in [-0.1, -0.05) is 19.4 Å². The molecule has 0 spiro atoms. The fourth-order valence-electron chi connectivity index (χ4n) is 2.15. The lowest BCUT2D eigenvalue weighted by Gasteiger charge is -2.07. The van der Waals surface area contributed by atoms with E-state index in [-0.39, 0.29) is 5.91 Å². The molecule has 0 saturated carbocycles. The van der Waals surface area contributed by atoms with Crippen LogP contribution in [0.25, 0.3) is 0 Å². The van der Waals surface area contributed by atoms with Crippen molar-refractivity contribution in [1.82, 2.24) is 0 Å². The minimum atomic E-state index is -1.04. The number of aryl methyl sites for hydroxylation is 2. The van der Waals surface area contributed by atoms with Crippen LogP contribution in [0, 0.1) is 6.92 Å². The number of benzene rings is 1. The summed E-state index contributed by atoms with van der Waals surface area (Å²) in [6.45, 7) is 3.72. The van der Waals surface area contributed by atoms with E-state index in [1.807, 2.05) is 13.0 Å². The molecule has 6 heteroatoms. The molecule has 0 atom stereocenters. The van der Waals surface area contributed by atoms with Crippen LogP contribution in [0.2, 0.25) is 0 Å². The maximum atomic E-state index is 12.3. The summed E-state index contributed by atoms with van der Waals surface area (Å²) in [6.07, 6.45) is 2.01. The van der Waals surface area contributed by atoms with Crippen molar-refractivity contribution in [2.45, 2.75) is 26.7 Å². The lowest BCUT2D eigenvalue weighted by Crippen LogP contribution is -2.11. The molecular formula is C17H19NO4S. The van der Waals surface area contributed by atoms with E-state index in [9.17, 15) is 9.59 Å². The van der Waals surface area contributed by atoms with E-state index in [4.69, 9.17) is 9.84 Å². The highest BCUT2D eigenvalue weighted by molar-refractivity contribution is 7.14. The summed E-state index contributed by atoms with van der Waals surface area (Å²) >= 11 is 1.48. The van der Waals surface area contributed by atoms with Gasteiger partial charge in [-0.15, -0.1) is 11.3 Å². The number of amides is 1. The molecule has 0 unspecified atom stereocenters. The number of hydrogen-bond acceptors (Lipinski definition) is 4. The van der Waals surface area contributed by atoms with E-state index in [0.29, 0.717) is 16.3 Å². The maximum absolute atomic E-state index is 12.3. The van der Waals surface area contributed by atoms with Gasteiger partial charge in [-0.05, 0) is 37.1 Å². The summed E-state index contributed by atoms with van der Waals surface area (Å²) in [5, 5.41) is 11.4. The normalized spacial score (nSPS) is 10.3. The van der Waals surface area contributed by atoms with Gasteiger partial charge in [0, 0.05) is 16.6 Å². The molecule has 1 amide bonds. The average Bonchev–Trinajstić information content (AvgIpc) is 2.87. The van der Waals surface area contributed by atoms with Crippen LogP contribution in [0.4, 0.5) is 5.69 Å². The van der Waals surface area contributed by atoms with Crippen molar-refractivity contribution in [3.05, 3.63) is 45.6 Å². The zero-order chi connectivity index (χ0) is 16.8. The minimum absolute atomic E-state index is 0.171. The molecule has 122 valence electrons. The highest BCUT2D eigenvalue weighted by Gasteiger charge is 2.12. The molecule has 0 aliphatic carbocycles. The van der Waals surface area contributed by atoms with E-state index >= 15 is 0 Å². The van der Waals surface area contributed by atoms with Crippen LogP contribution in [-0.2, 0) is 11.2 Å². The van der Waals surface area contributed by atoms with Gasteiger partial charge in [0.05, 0.1) is 4.88 Å². The lowest BCUT2D eigenvalue weighted by atomic mass is 10.1. The Morgan fingerprint density at radius 2 is 2.09 bits per heavy atom. The summed E-state index contributed by atoms with van der Waals surface area (Å²) in [5.41, 5.74) is 1.78. The molecule has 2 aromatic rings. The molecule has 1 aromatic carbocycles. The van der Waals surface area contributed by atoms with E-state index in [1.165, 1.54) is 16.9 Å². The third-order valence-electron chi connectivity index (χ3n) is 3.22. The Bertz CT molecular complexity index is 708. The van der Waals surface area contributed by atoms with Crippen molar-refractivity contribution in [1.29, 1.82) is 0 Å². The first-order valence-corrected chi connectivity index (χ1v) is 8.16. The average molecular weight is 333 g/mol. The van der Waals surface area contributed by atoms with Gasteiger partial charge in [-0.2, -0.15) is 0 Å². The van der Waals surface area contributed by atoms with E-state index in [0.717, 1.165) is 17.7 Å². The molecule has 2 rings (SSSR count). The smallest absolute Gasteiger partial charge is 0.341 e. The number of carbonyl (C=O) groups is 2. The first-order valence-electron chi connectivity index (χ1n) is 7.35. The quantitative estimate of drug-likeness (QED) is 0.809.